The van der Waals surface area contributed by atoms with Crippen molar-refractivity contribution in [3.63, 3.8) is 0 Å². The van der Waals surface area contributed by atoms with Gasteiger partial charge < -0.3 is 0 Å². The first kappa shape index (κ1) is 12.7. The van der Waals surface area contributed by atoms with Crippen LogP contribution in [0.15, 0.2) is 29.1 Å². The van der Waals surface area contributed by atoms with Gasteiger partial charge in [-0.3, -0.25) is 4.79 Å². The number of rotatable bonds is 0. The molecule has 8 heteroatoms. The first-order valence-electron chi connectivity index (χ1n) is 7.08. The molecule has 0 aliphatic rings. The van der Waals surface area contributed by atoms with Crippen LogP contribution in [0.25, 0.3) is 32.3 Å². The summed E-state index contributed by atoms with van der Waals surface area (Å²) in [4.78, 5) is 19.7. The molecule has 0 saturated carbocycles. The molecule has 0 saturated heterocycles. The summed E-state index contributed by atoms with van der Waals surface area (Å²) in [5.41, 5.74) is 1.93. The fourth-order valence-corrected chi connectivity index (χ4v) is 4.01. The third-order valence-electron chi connectivity index (χ3n) is 4.23. The van der Waals surface area contributed by atoms with Crippen LogP contribution >= 0.6 is 11.3 Å². The third-order valence-corrected chi connectivity index (χ3v) is 5.33. The smallest absolute Gasteiger partial charge is 0.267 e. The molecule has 0 amide bonds. The van der Waals surface area contributed by atoms with Gasteiger partial charge in [0.05, 0.1) is 5.39 Å². The highest BCUT2D eigenvalue weighted by Gasteiger charge is 2.18. The van der Waals surface area contributed by atoms with Gasteiger partial charge in [-0.25, -0.2) is 4.98 Å². The summed E-state index contributed by atoms with van der Waals surface area (Å²) in [5.74, 6) is 0. The highest BCUT2D eigenvalue weighted by Crippen LogP contribution is 2.28. The van der Waals surface area contributed by atoms with Crippen LogP contribution < -0.4 is 5.56 Å². The predicted octanol–water partition coefficient (Wildman–Crippen LogP) is 2.12. The maximum absolute atomic E-state index is 13.1. The predicted molar refractivity (Wildman–Crippen MR) is 88.2 cm³/mol. The second kappa shape index (κ2) is 4.11. The lowest BCUT2D eigenvalue weighted by Crippen LogP contribution is -2.22. The molecule has 7 nitrogen and oxygen atoms in total. The van der Waals surface area contributed by atoms with Crippen molar-refractivity contribution in [3.05, 3.63) is 45.1 Å². The van der Waals surface area contributed by atoms with E-state index in [9.17, 15) is 4.79 Å². The normalized spacial score (nSPS) is 12.1. The zero-order valence-corrected chi connectivity index (χ0v) is 13.1. The Bertz CT molecular complexity index is 1310. The summed E-state index contributed by atoms with van der Waals surface area (Å²) in [7, 11) is 0. The Balaban J connectivity index is 2.24. The number of tetrazole rings is 1. The first-order valence-corrected chi connectivity index (χ1v) is 7.90. The van der Waals surface area contributed by atoms with Crippen molar-refractivity contribution >= 4 is 43.6 Å². The second-order valence-corrected chi connectivity index (χ2v) is 6.66. The fourth-order valence-electron chi connectivity index (χ4n) is 2.99. The molecule has 112 valence electrons. The van der Waals surface area contributed by atoms with Gasteiger partial charge in [0, 0.05) is 15.6 Å². The molecule has 4 heterocycles. The van der Waals surface area contributed by atoms with Crippen LogP contribution in [-0.2, 0) is 0 Å². The fraction of sp³-hybridized carbons (Fsp3) is 0.133. The summed E-state index contributed by atoms with van der Waals surface area (Å²) in [5, 5.41) is 14.1. The van der Waals surface area contributed by atoms with Crippen LogP contribution in [0, 0.1) is 13.8 Å². The number of nitrogens with zero attached hydrogens (tertiary/aromatic N) is 6. The number of benzene rings is 1. The van der Waals surface area contributed by atoms with E-state index in [1.54, 1.807) is 0 Å². The molecule has 0 aliphatic heterocycles. The van der Waals surface area contributed by atoms with Gasteiger partial charge in [0.15, 0.2) is 5.65 Å². The highest BCUT2D eigenvalue weighted by atomic mass is 32.1. The van der Waals surface area contributed by atoms with Crippen molar-refractivity contribution in [1.82, 2.24) is 29.7 Å². The Morgan fingerprint density at radius 2 is 1.83 bits per heavy atom. The minimum Gasteiger partial charge on any atom is -0.267 e. The van der Waals surface area contributed by atoms with Gasteiger partial charge in [-0.15, -0.1) is 21.1 Å². The molecule has 0 spiro atoms. The van der Waals surface area contributed by atoms with Crippen LogP contribution in [0.1, 0.15) is 10.4 Å². The van der Waals surface area contributed by atoms with Crippen LogP contribution in [0.3, 0.4) is 0 Å². The topological polar surface area (TPSA) is 77.4 Å². The molecule has 0 N–H and O–H groups in total. The van der Waals surface area contributed by atoms with Crippen molar-refractivity contribution < 1.29 is 0 Å². The van der Waals surface area contributed by atoms with Crippen molar-refractivity contribution in [2.75, 3.05) is 0 Å². The summed E-state index contributed by atoms with van der Waals surface area (Å²) in [6.07, 6.45) is 0. The number of fused-ring (bicyclic) bond motifs is 7. The number of hydrogen-bond acceptors (Lipinski definition) is 6. The molecule has 0 radical (unpaired) electrons. The highest BCUT2D eigenvalue weighted by molar-refractivity contribution is 7.18. The summed E-state index contributed by atoms with van der Waals surface area (Å²) < 4.78 is 2.89. The monoisotopic (exact) mass is 322 g/mol. The van der Waals surface area contributed by atoms with Gasteiger partial charge in [-0.05, 0) is 29.8 Å². The molecule has 1 aromatic carbocycles. The maximum Gasteiger partial charge on any atom is 0.283 e. The minimum absolute atomic E-state index is 0.144. The van der Waals surface area contributed by atoms with Crippen molar-refractivity contribution in [2.24, 2.45) is 0 Å². The minimum atomic E-state index is -0.144. The lowest BCUT2D eigenvalue weighted by atomic mass is 10.2. The lowest BCUT2D eigenvalue weighted by molar-refractivity contribution is 0.678. The van der Waals surface area contributed by atoms with E-state index in [1.165, 1.54) is 20.5 Å². The Labute approximate surface area is 132 Å². The molecule has 23 heavy (non-hydrogen) atoms. The number of thiophene rings is 1. The van der Waals surface area contributed by atoms with Crippen LogP contribution in [0.5, 0.6) is 0 Å². The molecule has 0 unspecified atom stereocenters. The van der Waals surface area contributed by atoms with E-state index < -0.39 is 0 Å². The summed E-state index contributed by atoms with van der Waals surface area (Å²) in [6, 6.07) is 7.71. The van der Waals surface area contributed by atoms with Crippen molar-refractivity contribution in [3.8, 4) is 0 Å². The summed E-state index contributed by atoms with van der Waals surface area (Å²) in [6.45, 7) is 3.95. The van der Waals surface area contributed by atoms with Gasteiger partial charge in [0.2, 0.25) is 5.65 Å². The molecule has 4 aromatic heterocycles. The van der Waals surface area contributed by atoms with Crippen LogP contribution in [-0.4, -0.2) is 29.7 Å². The lowest BCUT2D eigenvalue weighted by Gasteiger charge is -2.07. The average Bonchev–Trinajstić information content (AvgIpc) is 3.13. The third kappa shape index (κ3) is 1.45. The van der Waals surface area contributed by atoms with Gasteiger partial charge in [0.25, 0.3) is 5.56 Å². The van der Waals surface area contributed by atoms with Crippen molar-refractivity contribution in [1.29, 1.82) is 0 Å². The van der Waals surface area contributed by atoms with E-state index in [4.69, 9.17) is 4.98 Å². The van der Waals surface area contributed by atoms with E-state index in [0.29, 0.717) is 16.7 Å². The van der Waals surface area contributed by atoms with Crippen molar-refractivity contribution in [2.45, 2.75) is 13.8 Å². The number of aryl methyl sites for hydroxylation is 2. The van der Waals surface area contributed by atoms with E-state index in [0.717, 1.165) is 26.0 Å². The zero-order valence-electron chi connectivity index (χ0n) is 12.3. The summed E-state index contributed by atoms with van der Waals surface area (Å²) >= 11 is 1.54. The second-order valence-electron chi connectivity index (χ2n) is 5.45. The maximum atomic E-state index is 13.1. The SMILES string of the molecule is Cc1sc2nc3c4ccccc4c4nnnn4n3c(=O)c2c1C. The Kier molecular flexibility index (Phi) is 2.26. The molecular weight excluding hydrogens is 312 g/mol. The molecule has 5 aromatic rings. The Morgan fingerprint density at radius 1 is 1.09 bits per heavy atom. The Hall–Kier alpha value is -2.87. The van der Waals surface area contributed by atoms with Gasteiger partial charge in [-0.1, -0.05) is 24.3 Å². The molecular formula is C15H10N6OS. The van der Waals surface area contributed by atoms with Gasteiger partial charge >= 0.3 is 0 Å². The standard InChI is InChI=1S/C15H10N6OS/c1-7-8(2)23-14-11(7)15(22)20-12(16-14)9-5-3-4-6-10(9)13-17-18-19-21(13)20/h3-6H,1-2H3. The molecule has 0 aliphatic carbocycles. The molecule has 0 fully saturated rings. The van der Waals surface area contributed by atoms with Crippen LogP contribution in [0.4, 0.5) is 0 Å². The number of hydrogen-bond donors (Lipinski definition) is 0. The molecule has 5 rings (SSSR count). The van der Waals surface area contributed by atoms with E-state index in [-0.39, 0.29) is 5.56 Å². The molecule has 0 bridgehead atoms. The Morgan fingerprint density at radius 3 is 2.61 bits per heavy atom. The first-order chi connectivity index (χ1) is 11.2. The van der Waals surface area contributed by atoms with Crippen LogP contribution in [0.2, 0.25) is 0 Å². The van der Waals surface area contributed by atoms with E-state index in [2.05, 4.69) is 15.5 Å². The van der Waals surface area contributed by atoms with Gasteiger partial charge in [-0.2, -0.15) is 4.52 Å². The van der Waals surface area contributed by atoms with Gasteiger partial charge in [0.1, 0.15) is 4.83 Å². The van der Waals surface area contributed by atoms with E-state index >= 15 is 0 Å². The number of aromatic nitrogens is 6. The largest absolute Gasteiger partial charge is 0.283 e. The van der Waals surface area contributed by atoms with E-state index in [1.807, 2.05) is 38.1 Å². The zero-order chi connectivity index (χ0) is 15.7. The molecule has 0 atom stereocenters. The average molecular weight is 322 g/mol. The quantitative estimate of drug-likeness (QED) is 0.408.